The van der Waals surface area contributed by atoms with Gasteiger partial charge in [0.2, 0.25) is 0 Å². The van der Waals surface area contributed by atoms with Gasteiger partial charge in [0.05, 0.1) is 5.92 Å². The normalized spacial score (nSPS) is 31.7. The van der Waals surface area contributed by atoms with Gasteiger partial charge >= 0.3 is 5.97 Å². The Morgan fingerprint density at radius 2 is 2.45 bits per heavy atom. The van der Waals surface area contributed by atoms with E-state index < -0.39 is 5.97 Å². The van der Waals surface area contributed by atoms with Gasteiger partial charge in [-0.05, 0) is 23.8 Å². The summed E-state index contributed by atoms with van der Waals surface area (Å²) in [5.74, 6) is 1.80. The Bertz CT molecular complexity index is 147. The molecule has 0 aromatic heterocycles. The lowest BCUT2D eigenvalue weighted by molar-refractivity contribution is -0.143. The molecule has 0 saturated carbocycles. The maximum absolute atomic E-state index is 10.7. The van der Waals surface area contributed by atoms with Crippen LogP contribution >= 0.6 is 11.8 Å². The Morgan fingerprint density at radius 3 is 2.91 bits per heavy atom. The zero-order valence-electron chi connectivity index (χ0n) is 6.75. The second-order valence-corrected chi connectivity index (χ2v) is 4.13. The minimum Gasteiger partial charge on any atom is -0.481 e. The van der Waals surface area contributed by atoms with Crippen molar-refractivity contribution >= 4 is 17.7 Å². The number of carboxylic acids is 1. The van der Waals surface area contributed by atoms with E-state index >= 15 is 0 Å². The average Bonchev–Trinajstić information content (AvgIpc) is 2.04. The first-order valence-corrected chi connectivity index (χ1v) is 5.21. The van der Waals surface area contributed by atoms with Crippen LogP contribution in [-0.4, -0.2) is 22.6 Å². The summed E-state index contributed by atoms with van der Waals surface area (Å²) >= 11 is 1.89. The standard InChI is InChI=1S/C8H14O2S/c1-2-6-5-11-4-3-7(6)8(9)10/h6-7H,2-5H2,1H3,(H,9,10). The van der Waals surface area contributed by atoms with Crippen LogP contribution in [0, 0.1) is 11.8 Å². The molecule has 2 unspecified atom stereocenters. The molecule has 1 N–H and O–H groups in total. The van der Waals surface area contributed by atoms with E-state index in [4.69, 9.17) is 5.11 Å². The Morgan fingerprint density at radius 1 is 1.73 bits per heavy atom. The quantitative estimate of drug-likeness (QED) is 0.694. The summed E-state index contributed by atoms with van der Waals surface area (Å²) in [5, 5.41) is 8.83. The molecule has 0 amide bonds. The largest absolute Gasteiger partial charge is 0.481 e. The van der Waals surface area contributed by atoms with E-state index in [-0.39, 0.29) is 5.92 Å². The molecule has 0 aromatic carbocycles. The highest BCUT2D eigenvalue weighted by Gasteiger charge is 2.29. The summed E-state index contributed by atoms with van der Waals surface area (Å²) in [7, 11) is 0. The van der Waals surface area contributed by atoms with Crippen molar-refractivity contribution in [1.29, 1.82) is 0 Å². The van der Waals surface area contributed by atoms with E-state index in [0.29, 0.717) is 5.92 Å². The summed E-state index contributed by atoms with van der Waals surface area (Å²) in [6.45, 7) is 2.08. The van der Waals surface area contributed by atoms with Crippen molar-refractivity contribution < 1.29 is 9.90 Å². The van der Waals surface area contributed by atoms with Gasteiger partial charge in [-0.2, -0.15) is 11.8 Å². The van der Waals surface area contributed by atoms with Crippen LogP contribution in [-0.2, 0) is 4.79 Å². The van der Waals surface area contributed by atoms with Crippen molar-refractivity contribution in [3.63, 3.8) is 0 Å². The number of hydrogen-bond donors (Lipinski definition) is 1. The van der Waals surface area contributed by atoms with Crippen LogP contribution in [0.2, 0.25) is 0 Å². The zero-order valence-corrected chi connectivity index (χ0v) is 7.56. The monoisotopic (exact) mass is 174 g/mol. The molecule has 2 atom stereocenters. The molecule has 1 aliphatic rings. The summed E-state index contributed by atoms with van der Waals surface area (Å²) < 4.78 is 0. The molecule has 11 heavy (non-hydrogen) atoms. The zero-order chi connectivity index (χ0) is 8.27. The lowest BCUT2D eigenvalue weighted by Crippen LogP contribution is -2.28. The third-order valence-electron chi connectivity index (χ3n) is 2.32. The molecule has 2 nitrogen and oxygen atoms in total. The first kappa shape index (κ1) is 8.91. The van der Waals surface area contributed by atoms with E-state index in [9.17, 15) is 4.79 Å². The SMILES string of the molecule is CCC1CSCCC1C(=O)O. The fourth-order valence-electron chi connectivity index (χ4n) is 1.52. The second kappa shape index (κ2) is 4.00. The van der Waals surface area contributed by atoms with Gasteiger partial charge in [0.15, 0.2) is 0 Å². The molecule has 3 heteroatoms. The third kappa shape index (κ3) is 2.12. The van der Waals surface area contributed by atoms with Gasteiger partial charge in [-0.3, -0.25) is 4.79 Å². The van der Waals surface area contributed by atoms with Crippen molar-refractivity contribution in [2.24, 2.45) is 11.8 Å². The number of carbonyl (C=O) groups is 1. The summed E-state index contributed by atoms with van der Waals surface area (Å²) in [6, 6.07) is 0. The topological polar surface area (TPSA) is 37.3 Å². The van der Waals surface area contributed by atoms with E-state index in [1.54, 1.807) is 0 Å². The molecule has 64 valence electrons. The van der Waals surface area contributed by atoms with Crippen LogP contribution in [0.3, 0.4) is 0 Å². The van der Waals surface area contributed by atoms with Crippen molar-refractivity contribution in [2.75, 3.05) is 11.5 Å². The van der Waals surface area contributed by atoms with Crippen molar-refractivity contribution in [1.82, 2.24) is 0 Å². The van der Waals surface area contributed by atoms with E-state index in [1.165, 1.54) is 0 Å². The van der Waals surface area contributed by atoms with Crippen LogP contribution in [0.4, 0.5) is 0 Å². The van der Waals surface area contributed by atoms with Gasteiger partial charge in [-0.15, -0.1) is 0 Å². The number of hydrogen-bond acceptors (Lipinski definition) is 2. The average molecular weight is 174 g/mol. The van der Waals surface area contributed by atoms with Gasteiger partial charge in [0.1, 0.15) is 0 Å². The molecule has 1 aliphatic heterocycles. The maximum Gasteiger partial charge on any atom is 0.306 e. The molecule has 1 saturated heterocycles. The van der Waals surface area contributed by atoms with Gasteiger partial charge in [-0.1, -0.05) is 13.3 Å². The van der Waals surface area contributed by atoms with Crippen LogP contribution < -0.4 is 0 Å². The number of thioether (sulfide) groups is 1. The highest BCUT2D eigenvalue weighted by atomic mass is 32.2. The van der Waals surface area contributed by atoms with Crippen LogP contribution in [0.15, 0.2) is 0 Å². The summed E-state index contributed by atoms with van der Waals surface area (Å²) in [6.07, 6.45) is 1.86. The second-order valence-electron chi connectivity index (χ2n) is 2.98. The summed E-state index contributed by atoms with van der Waals surface area (Å²) in [5.41, 5.74) is 0. The number of rotatable bonds is 2. The van der Waals surface area contributed by atoms with Gasteiger partial charge in [-0.25, -0.2) is 0 Å². The van der Waals surface area contributed by atoms with E-state index in [1.807, 2.05) is 11.8 Å². The molecular formula is C8H14O2S. The Hall–Kier alpha value is -0.180. The molecule has 0 spiro atoms. The minimum atomic E-state index is -0.600. The van der Waals surface area contributed by atoms with Crippen LogP contribution in [0.1, 0.15) is 19.8 Å². The highest BCUT2D eigenvalue weighted by Crippen LogP contribution is 2.30. The molecule has 0 bridgehead atoms. The molecular weight excluding hydrogens is 160 g/mol. The number of carboxylic acid groups (broad SMARTS) is 1. The molecule has 1 rings (SSSR count). The molecule has 1 fully saturated rings. The predicted octanol–water partition coefficient (Wildman–Crippen LogP) is 1.85. The van der Waals surface area contributed by atoms with Gasteiger partial charge in [0.25, 0.3) is 0 Å². The van der Waals surface area contributed by atoms with E-state index in [0.717, 1.165) is 24.3 Å². The molecule has 0 aliphatic carbocycles. The molecule has 0 aromatic rings. The number of aliphatic carboxylic acids is 1. The fourth-order valence-corrected chi connectivity index (χ4v) is 2.88. The van der Waals surface area contributed by atoms with E-state index in [2.05, 4.69) is 6.92 Å². The lowest BCUT2D eigenvalue weighted by atomic mass is 9.89. The summed E-state index contributed by atoms with van der Waals surface area (Å²) in [4.78, 5) is 10.7. The first-order chi connectivity index (χ1) is 5.25. The molecule has 1 heterocycles. The third-order valence-corrected chi connectivity index (χ3v) is 3.50. The lowest BCUT2D eigenvalue weighted by Gasteiger charge is -2.26. The Kier molecular flexibility index (Phi) is 3.24. The van der Waals surface area contributed by atoms with Crippen LogP contribution in [0.5, 0.6) is 0 Å². The van der Waals surface area contributed by atoms with Crippen molar-refractivity contribution in [3.05, 3.63) is 0 Å². The maximum atomic E-state index is 10.7. The fraction of sp³-hybridized carbons (Fsp3) is 0.875. The smallest absolute Gasteiger partial charge is 0.306 e. The Balaban J connectivity index is 2.51. The predicted molar refractivity (Wildman–Crippen MR) is 46.8 cm³/mol. The van der Waals surface area contributed by atoms with Gasteiger partial charge < -0.3 is 5.11 Å². The van der Waals surface area contributed by atoms with Crippen molar-refractivity contribution in [2.45, 2.75) is 19.8 Å². The van der Waals surface area contributed by atoms with Crippen molar-refractivity contribution in [3.8, 4) is 0 Å². The Labute approximate surface area is 71.4 Å². The highest BCUT2D eigenvalue weighted by molar-refractivity contribution is 7.99. The van der Waals surface area contributed by atoms with Gasteiger partial charge in [0, 0.05) is 0 Å². The van der Waals surface area contributed by atoms with Crippen LogP contribution in [0.25, 0.3) is 0 Å². The molecule has 0 radical (unpaired) electrons. The minimum absolute atomic E-state index is 0.0683. The first-order valence-electron chi connectivity index (χ1n) is 4.06.